The number of halogens is 3. The number of ether oxygens (including phenoxy) is 1. The number of carbonyl (C=O) groups is 1. The molecule has 0 amide bonds. The van der Waals surface area contributed by atoms with Crippen molar-refractivity contribution < 1.29 is 32.9 Å². The van der Waals surface area contributed by atoms with Gasteiger partial charge in [0.25, 0.3) is 0 Å². The van der Waals surface area contributed by atoms with E-state index in [1.165, 1.54) is 0 Å². The van der Waals surface area contributed by atoms with Gasteiger partial charge in [0.1, 0.15) is 5.56 Å². The summed E-state index contributed by atoms with van der Waals surface area (Å²) in [6.45, 7) is 0. The molecule has 0 fully saturated rings. The number of methoxy groups -OCH3 is 1. The Labute approximate surface area is 94.3 Å². The van der Waals surface area contributed by atoms with E-state index in [1.807, 2.05) is 0 Å². The molecule has 0 saturated heterocycles. The second kappa shape index (κ2) is 4.52. The van der Waals surface area contributed by atoms with Crippen molar-refractivity contribution in [3.63, 3.8) is 0 Å². The lowest BCUT2D eigenvalue weighted by Crippen LogP contribution is -2.09. The fourth-order valence-corrected chi connectivity index (χ4v) is 1.35. The Morgan fingerprint density at radius 3 is 2.41 bits per heavy atom. The molecule has 17 heavy (non-hydrogen) atoms. The third kappa shape index (κ3) is 2.80. The number of aliphatic carboxylic acids is 1. The first-order valence-electron chi connectivity index (χ1n) is 4.45. The van der Waals surface area contributed by atoms with E-state index in [0.29, 0.717) is 6.07 Å². The van der Waals surface area contributed by atoms with E-state index in [1.54, 1.807) is 0 Å². The number of phenols is 1. The summed E-state index contributed by atoms with van der Waals surface area (Å²) in [6.07, 6.45) is -5.26. The van der Waals surface area contributed by atoms with Crippen molar-refractivity contribution in [1.29, 1.82) is 0 Å². The van der Waals surface area contributed by atoms with Crippen LogP contribution in [0.1, 0.15) is 11.1 Å². The van der Waals surface area contributed by atoms with Crippen molar-refractivity contribution in [2.75, 3.05) is 7.11 Å². The van der Waals surface area contributed by atoms with Crippen molar-refractivity contribution in [1.82, 2.24) is 0 Å². The average Bonchev–Trinajstić information content (AvgIpc) is 2.18. The van der Waals surface area contributed by atoms with E-state index in [-0.39, 0.29) is 5.56 Å². The second-order valence-corrected chi connectivity index (χ2v) is 3.22. The lowest BCUT2D eigenvalue weighted by atomic mass is 10.1. The van der Waals surface area contributed by atoms with Gasteiger partial charge in [-0.25, -0.2) is 0 Å². The molecule has 4 nitrogen and oxygen atoms in total. The van der Waals surface area contributed by atoms with Crippen LogP contribution in [-0.2, 0) is 17.4 Å². The normalized spacial score (nSPS) is 11.3. The Balaban J connectivity index is 3.32. The van der Waals surface area contributed by atoms with Crippen LogP contribution in [0.5, 0.6) is 11.5 Å². The number of alkyl halides is 3. The molecule has 0 spiro atoms. The van der Waals surface area contributed by atoms with Gasteiger partial charge < -0.3 is 14.9 Å². The molecular weight excluding hydrogens is 241 g/mol. The van der Waals surface area contributed by atoms with Gasteiger partial charge in [0.05, 0.1) is 13.5 Å². The fraction of sp³-hybridized carbons (Fsp3) is 0.300. The van der Waals surface area contributed by atoms with E-state index in [9.17, 15) is 23.1 Å². The molecule has 0 aliphatic heterocycles. The Kier molecular flexibility index (Phi) is 3.50. The number of carboxylic acids is 1. The Morgan fingerprint density at radius 2 is 2.00 bits per heavy atom. The van der Waals surface area contributed by atoms with Gasteiger partial charge in [-0.1, -0.05) is 6.07 Å². The quantitative estimate of drug-likeness (QED) is 0.861. The fourth-order valence-electron chi connectivity index (χ4n) is 1.35. The first kappa shape index (κ1) is 13.1. The Bertz CT molecular complexity index is 440. The number of rotatable bonds is 3. The molecule has 0 bridgehead atoms. The predicted octanol–water partition coefficient (Wildman–Crippen LogP) is 2.05. The first-order valence-corrected chi connectivity index (χ1v) is 4.45. The van der Waals surface area contributed by atoms with Crippen LogP contribution in [0.15, 0.2) is 12.1 Å². The zero-order valence-corrected chi connectivity index (χ0v) is 8.71. The summed E-state index contributed by atoms with van der Waals surface area (Å²) in [5.74, 6) is -2.83. The summed E-state index contributed by atoms with van der Waals surface area (Å²) in [4.78, 5) is 10.4. The SMILES string of the molecule is COc1c(C(F)(F)F)ccc(CC(=O)O)c1O. The van der Waals surface area contributed by atoms with Crippen LogP contribution in [-0.4, -0.2) is 23.3 Å². The molecule has 0 radical (unpaired) electrons. The van der Waals surface area contributed by atoms with Crippen LogP contribution < -0.4 is 4.74 Å². The van der Waals surface area contributed by atoms with Crippen LogP contribution in [0.4, 0.5) is 13.2 Å². The predicted molar refractivity (Wildman–Crippen MR) is 51.0 cm³/mol. The summed E-state index contributed by atoms with van der Waals surface area (Å²) in [5, 5.41) is 18.0. The summed E-state index contributed by atoms with van der Waals surface area (Å²) >= 11 is 0. The maximum Gasteiger partial charge on any atom is 0.420 e. The van der Waals surface area contributed by atoms with Gasteiger partial charge in [0, 0.05) is 5.56 Å². The molecule has 0 unspecified atom stereocenters. The van der Waals surface area contributed by atoms with Crippen LogP contribution in [0, 0.1) is 0 Å². The van der Waals surface area contributed by atoms with E-state index in [0.717, 1.165) is 13.2 Å². The monoisotopic (exact) mass is 250 g/mol. The molecule has 0 saturated carbocycles. The molecule has 7 heteroatoms. The molecule has 0 heterocycles. The van der Waals surface area contributed by atoms with Gasteiger partial charge in [-0.15, -0.1) is 0 Å². The standard InChI is InChI=1S/C10H9F3O4/c1-17-9-6(10(11,12)13)3-2-5(8(9)16)4-7(14)15/h2-3,16H,4H2,1H3,(H,14,15). The molecule has 0 aliphatic rings. The number of benzene rings is 1. The molecule has 2 N–H and O–H groups in total. The van der Waals surface area contributed by atoms with E-state index in [2.05, 4.69) is 4.74 Å². The van der Waals surface area contributed by atoms with Gasteiger partial charge >= 0.3 is 12.1 Å². The minimum atomic E-state index is -4.68. The maximum absolute atomic E-state index is 12.5. The van der Waals surface area contributed by atoms with Crippen molar-refractivity contribution in [2.45, 2.75) is 12.6 Å². The van der Waals surface area contributed by atoms with Gasteiger partial charge in [-0.3, -0.25) is 4.79 Å². The highest BCUT2D eigenvalue weighted by molar-refractivity contribution is 5.72. The first-order chi connectivity index (χ1) is 7.77. The maximum atomic E-state index is 12.5. The van der Waals surface area contributed by atoms with Crippen LogP contribution >= 0.6 is 0 Å². The summed E-state index contributed by atoms with van der Waals surface area (Å²) < 4.78 is 42.0. The van der Waals surface area contributed by atoms with E-state index < -0.39 is 35.6 Å². The number of aromatic hydroxyl groups is 1. The topological polar surface area (TPSA) is 66.8 Å². The molecule has 0 atom stereocenters. The largest absolute Gasteiger partial charge is 0.504 e. The third-order valence-corrected chi connectivity index (χ3v) is 2.07. The van der Waals surface area contributed by atoms with Crippen molar-refractivity contribution in [3.8, 4) is 11.5 Å². The summed E-state index contributed by atoms with van der Waals surface area (Å²) in [5.41, 5.74) is -1.28. The van der Waals surface area contributed by atoms with Gasteiger partial charge in [0.2, 0.25) is 0 Å². The third-order valence-electron chi connectivity index (χ3n) is 2.07. The number of phenolic OH excluding ortho intramolecular Hbond substituents is 1. The van der Waals surface area contributed by atoms with Crippen LogP contribution in [0.2, 0.25) is 0 Å². The van der Waals surface area contributed by atoms with E-state index in [4.69, 9.17) is 5.11 Å². The zero-order chi connectivity index (χ0) is 13.2. The van der Waals surface area contributed by atoms with Gasteiger partial charge in [-0.05, 0) is 6.07 Å². The lowest BCUT2D eigenvalue weighted by Gasteiger charge is -2.14. The summed E-state index contributed by atoms with van der Waals surface area (Å²) in [7, 11) is 0.967. The number of hydrogen-bond donors (Lipinski definition) is 2. The van der Waals surface area contributed by atoms with Crippen molar-refractivity contribution in [2.24, 2.45) is 0 Å². The van der Waals surface area contributed by atoms with Crippen LogP contribution in [0.25, 0.3) is 0 Å². The molecule has 1 rings (SSSR count). The molecule has 1 aromatic rings. The smallest absolute Gasteiger partial charge is 0.420 e. The highest BCUT2D eigenvalue weighted by atomic mass is 19.4. The number of carboxylic acid groups (broad SMARTS) is 1. The van der Waals surface area contributed by atoms with Gasteiger partial charge in [-0.2, -0.15) is 13.2 Å². The highest BCUT2D eigenvalue weighted by Gasteiger charge is 2.36. The lowest BCUT2D eigenvalue weighted by molar-refractivity contribution is -0.139. The molecular formula is C10H9F3O4. The molecule has 0 aliphatic carbocycles. The summed E-state index contributed by atoms with van der Waals surface area (Å²) in [6, 6.07) is 1.59. The highest BCUT2D eigenvalue weighted by Crippen LogP contribution is 2.42. The van der Waals surface area contributed by atoms with Crippen LogP contribution in [0.3, 0.4) is 0 Å². The Morgan fingerprint density at radius 1 is 1.41 bits per heavy atom. The number of hydrogen-bond acceptors (Lipinski definition) is 3. The molecule has 1 aromatic carbocycles. The Hall–Kier alpha value is -1.92. The average molecular weight is 250 g/mol. The van der Waals surface area contributed by atoms with Crippen molar-refractivity contribution >= 4 is 5.97 Å². The molecule has 0 aromatic heterocycles. The van der Waals surface area contributed by atoms with E-state index >= 15 is 0 Å². The van der Waals surface area contributed by atoms with Gasteiger partial charge in [0.15, 0.2) is 11.5 Å². The van der Waals surface area contributed by atoms with Crippen molar-refractivity contribution in [3.05, 3.63) is 23.3 Å². The molecule has 94 valence electrons. The zero-order valence-electron chi connectivity index (χ0n) is 8.71. The minimum Gasteiger partial charge on any atom is -0.504 e. The minimum absolute atomic E-state index is 0.137. The second-order valence-electron chi connectivity index (χ2n) is 3.22.